The molecule has 4 aromatic rings. The molecule has 0 saturated carbocycles. The number of fused-ring (bicyclic) bond motifs is 1. The zero-order valence-electron chi connectivity index (χ0n) is 19.4. The van der Waals surface area contributed by atoms with Crippen LogP contribution < -0.4 is 10.6 Å². The van der Waals surface area contributed by atoms with Crippen molar-refractivity contribution in [2.45, 2.75) is 39.2 Å². The number of para-hydroxylation sites is 1. The molecule has 4 heteroatoms. The average molecular weight is 440 g/mol. The van der Waals surface area contributed by atoms with Crippen molar-refractivity contribution in [1.29, 1.82) is 0 Å². The predicted molar refractivity (Wildman–Crippen MR) is 137 cm³/mol. The third kappa shape index (κ3) is 6.11. The summed E-state index contributed by atoms with van der Waals surface area (Å²) in [6.07, 6.45) is 6.15. The van der Waals surface area contributed by atoms with Gasteiger partial charge in [-0.3, -0.25) is 4.79 Å². The van der Waals surface area contributed by atoms with Gasteiger partial charge in [0.1, 0.15) is 0 Å². The first-order chi connectivity index (χ1) is 16.2. The molecule has 3 N–H and O–H groups in total. The fourth-order valence-corrected chi connectivity index (χ4v) is 4.31. The van der Waals surface area contributed by atoms with Crippen molar-refractivity contribution in [2.75, 3.05) is 13.1 Å². The number of benzene rings is 3. The molecule has 0 bridgehead atoms. The lowest BCUT2D eigenvalue weighted by atomic mass is 10.1. The van der Waals surface area contributed by atoms with Gasteiger partial charge >= 0.3 is 0 Å². The van der Waals surface area contributed by atoms with Crippen LogP contribution in [0.5, 0.6) is 0 Å². The van der Waals surface area contributed by atoms with Crippen LogP contribution in [0.4, 0.5) is 0 Å². The van der Waals surface area contributed by atoms with Gasteiger partial charge in [0.25, 0.3) is 5.91 Å². The van der Waals surface area contributed by atoms with E-state index in [9.17, 15) is 4.79 Å². The third-order valence-electron chi connectivity index (χ3n) is 6.18. The van der Waals surface area contributed by atoms with E-state index in [1.54, 1.807) is 0 Å². The highest BCUT2D eigenvalue weighted by Gasteiger charge is 2.10. The van der Waals surface area contributed by atoms with E-state index in [1.165, 1.54) is 27.6 Å². The molecule has 0 aliphatic carbocycles. The number of carbonyl (C=O) groups excluding carboxylic acids is 1. The molecule has 1 aromatic heterocycles. The summed E-state index contributed by atoms with van der Waals surface area (Å²) in [5, 5.41) is 7.90. The van der Waals surface area contributed by atoms with Crippen molar-refractivity contribution in [3.8, 4) is 0 Å². The number of aromatic amines is 1. The van der Waals surface area contributed by atoms with Gasteiger partial charge in [0.15, 0.2) is 0 Å². The second-order valence-corrected chi connectivity index (χ2v) is 8.59. The fraction of sp³-hybridized carbons (Fsp3) is 0.276. The van der Waals surface area contributed by atoms with Crippen molar-refractivity contribution in [1.82, 2.24) is 15.6 Å². The van der Waals surface area contributed by atoms with Gasteiger partial charge in [0, 0.05) is 35.8 Å². The number of amides is 1. The highest BCUT2D eigenvalue weighted by atomic mass is 16.1. The molecule has 0 aliphatic heterocycles. The Bertz CT molecular complexity index is 1180. The Hall–Kier alpha value is -3.37. The topological polar surface area (TPSA) is 56.9 Å². The standard InChI is InChI=1S/C29H33N3O/c1-22-10-9-16-26-25(21-32-28(22)26)17-19-30-20-24-14-5-6-15-27(24)29(33)31-18-8-7-13-23-11-3-2-4-12-23/h2-6,9-12,14-16,21,30,32H,7-8,13,17-20H2,1H3,(H,31,33). The number of rotatable bonds is 11. The van der Waals surface area contributed by atoms with Crippen molar-refractivity contribution in [3.05, 3.63) is 107 Å². The summed E-state index contributed by atoms with van der Waals surface area (Å²) in [5.74, 6) is 0.0132. The Labute approximate surface area is 196 Å². The van der Waals surface area contributed by atoms with Crippen molar-refractivity contribution in [2.24, 2.45) is 0 Å². The second kappa shape index (κ2) is 11.5. The maximum Gasteiger partial charge on any atom is 0.251 e. The molecule has 0 spiro atoms. The molecule has 0 unspecified atom stereocenters. The van der Waals surface area contributed by atoms with Gasteiger partial charge in [-0.25, -0.2) is 0 Å². The van der Waals surface area contributed by atoms with Crippen LogP contribution in [0.3, 0.4) is 0 Å². The van der Waals surface area contributed by atoms with E-state index in [0.29, 0.717) is 13.1 Å². The fourth-order valence-electron chi connectivity index (χ4n) is 4.31. The summed E-state index contributed by atoms with van der Waals surface area (Å²) in [6.45, 7) is 4.37. The number of aromatic nitrogens is 1. The lowest BCUT2D eigenvalue weighted by molar-refractivity contribution is 0.0952. The molecule has 0 atom stereocenters. The lowest BCUT2D eigenvalue weighted by Gasteiger charge is -2.11. The Morgan fingerprint density at radius 1 is 0.818 bits per heavy atom. The van der Waals surface area contributed by atoms with Crippen LogP contribution in [0.25, 0.3) is 10.9 Å². The van der Waals surface area contributed by atoms with Gasteiger partial charge in [-0.15, -0.1) is 0 Å². The van der Waals surface area contributed by atoms with Gasteiger partial charge in [0.05, 0.1) is 0 Å². The molecule has 1 heterocycles. The lowest BCUT2D eigenvalue weighted by Crippen LogP contribution is -2.27. The van der Waals surface area contributed by atoms with Gasteiger partial charge in [0.2, 0.25) is 0 Å². The largest absolute Gasteiger partial charge is 0.361 e. The molecule has 0 aliphatic rings. The van der Waals surface area contributed by atoms with Crippen LogP contribution in [-0.4, -0.2) is 24.0 Å². The molecule has 0 fully saturated rings. The first-order valence-electron chi connectivity index (χ1n) is 11.9. The first-order valence-corrected chi connectivity index (χ1v) is 11.9. The summed E-state index contributed by atoms with van der Waals surface area (Å²) in [6, 6.07) is 24.8. The van der Waals surface area contributed by atoms with E-state index in [-0.39, 0.29) is 5.91 Å². The summed E-state index contributed by atoms with van der Waals surface area (Å²) in [5.41, 5.74) is 6.96. The quantitative estimate of drug-likeness (QED) is 0.268. The van der Waals surface area contributed by atoms with Crippen LogP contribution in [-0.2, 0) is 19.4 Å². The highest BCUT2D eigenvalue weighted by molar-refractivity contribution is 5.95. The number of H-pyrrole nitrogens is 1. The molecule has 3 aromatic carbocycles. The van der Waals surface area contributed by atoms with E-state index in [1.807, 2.05) is 30.3 Å². The van der Waals surface area contributed by atoms with E-state index in [4.69, 9.17) is 0 Å². The first kappa shape index (κ1) is 22.8. The van der Waals surface area contributed by atoms with Crippen molar-refractivity contribution < 1.29 is 4.79 Å². The van der Waals surface area contributed by atoms with Crippen LogP contribution in [0.15, 0.2) is 79.0 Å². The van der Waals surface area contributed by atoms with E-state index in [0.717, 1.165) is 43.4 Å². The van der Waals surface area contributed by atoms with Gasteiger partial charge < -0.3 is 15.6 Å². The Morgan fingerprint density at radius 3 is 2.52 bits per heavy atom. The molecule has 170 valence electrons. The summed E-state index contributed by atoms with van der Waals surface area (Å²) >= 11 is 0. The number of carbonyl (C=O) groups is 1. The number of hydrogen-bond donors (Lipinski definition) is 3. The molecular formula is C29H33N3O. The minimum absolute atomic E-state index is 0.0132. The van der Waals surface area contributed by atoms with E-state index < -0.39 is 0 Å². The van der Waals surface area contributed by atoms with Gasteiger partial charge in [-0.1, -0.05) is 66.7 Å². The van der Waals surface area contributed by atoms with Gasteiger partial charge in [-0.05, 0) is 67.5 Å². The third-order valence-corrected chi connectivity index (χ3v) is 6.18. The number of aryl methyl sites for hydroxylation is 2. The van der Waals surface area contributed by atoms with Crippen molar-refractivity contribution in [3.63, 3.8) is 0 Å². The minimum Gasteiger partial charge on any atom is -0.361 e. The monoisotopic (exact) mass is 439 g/mol. The maximum absolute atomic E-state index is 12.8. The zero-order chi connectivity index (χ0) is 22.9. The number of nitrogens with one attached hydrogen (secondary N) is 3. The van der Waals surface area contributed by atoms with Crippen molar-refractivity contribution >= 4 is 16.8 Å². The molecule has 1 amide bonds. The molecule has 33 heavy (non-hydrogen) atoms. The summed E-state index contributed by atoms with van der Waals surface area (Å²) < 4.78 is 0. The van der Waals surface area contributed by atoms with Gasteiger partial charge in [-0.2, -0.15) is 0 Å². The SMILES string of the molecule is Cc1cccc2c(CCNCc3ccccc3C(=O)NCCCCc3ccccc3)c[nH]c12. The Balaban J connectivity index is 1.23. The number of hydrogen-bond acceptors (Lipinski definition) is 2. The second-order valence-electron chi connectivity index (χ2n) is 8.59. The summed E-state index contributed by atoms with van der Waals surface area (Å²) in [4.78, 5) is 16.1. The molecule has 4 rings (SSSR count). The minimum atomic E-state index is 0.0132. The normalized spacial score (nSPS) is 11.1. The molecule has 4 nitrogen and oxygen atoms in total. The van der Waals surface area contributed by atoms with Crippen LogP contribution in [0.1, 0.15) is 45.5 Å². The Morgan fingerprint density at radius 2 is 1.64 bits per heavy atom. The number of unbranched alkanes of at least 4 members (excludes halogenated alkanes) is 1. The average Bonchev–Trinajstić information content (AvgIpc) is 3.27. The zero-order valence-corrected chi connectivity index (χ0v) is 19.4. The molecular weight excluding hydrogens is 406 g/mol. The molecule has 0 saturated heterocycles. The van der Waals surface area contributed by atoms with Crippen LogP contribution >= 0.6 is 0 Å². The highest BCUT2D eigenvalue weighted by Crippen LogP contribution is 2.21. The Kier molecular flexibility index (Phi) is 7.94. The van der Waals surface area contributed by atoms with Crippen LogP contribution in [0.2, 0.25) is 0 Å². The molecule has 0 radical (unpaired) electrons. The predicted octanol–water partition coefficient (Wildman–Crippen LogP) is 5.56. The van der Waals surface area contributed by atoms with E-state index in [2.05, 4.69) is 71.2 Å². The maximum atomic E-state index is 12.8. The van der Waals surface area contributed by atoms with E-state index >= 15 is 0 Å². The van der Waals surface area contributed by atoms with Crippen LogP contribution in [0, 0.1) is 6.92 Å². The summed E-state index contributed by atoms with van der Waals surface area (Å²) in [7, 11) is 0. The smallest absolute Gasteiger partial charge is 0.251 e.